The maximum Gasteiger partial charge on any atom is 0.242 e. The van der Waals surface area contributed by atoms with Gasteiger partial charge in [0, 0.05) is 38.3 Å². The molecule has 0 radical (unpaired) electrons. The predicted molar refractivity (Wildman–Crippen MR) is 111 cm³/mol. The number of hydrogen-bond donors (Lipinski definition) is 0. The zero-order valence-corrected chi connectivity index (χ0v) is 18.7. The van der Waals surface area contributed by atoms with Gasteiger partial charge in [0.15, 0.2) is 0 Å². The number of carbonyl (C=O) groups is 3. The van der Waals surface area contributed by atoms with Crippen LogP contribution >= 0.6 is 11.8 Å². The fourth-order valence-electron chi connectivity index (χ4n) is 4.45. The second kappa shape index (κ2) is 9.22. The third-order valence-corrected chi connectivity index (χ3v) is 8.84. The number of thioether (sulfide) groups is 1. The van der Waals surface area contributed by atoms with Crippen molar-refractivity contribution in [1.82, 2.24) is 19.0 Å². The minimum absolute atomic E-state index is 0.0102. The van der Waals surface area contributed by atoms with Crippen molar-refractivity contribution in [2.75, 3.05) is 50.1 Å². The molecular weight excluding hydrogens is 416 g/mol. The van der Waals surface area contributed by atoms with Crippen LogP contribution in [0.4, 0.5) is 0 Å². The topological polar surface area (TPSA) is 98.3 Å². The fourth-order valence-corrected chi connectivity index (χ4v) is 6.82. The van der Waals surface area contributed by atoms with Crippen LogP contribution in [0.5, 0.6) is 0 Å². The number of amides is 3. The normalized spacial score (nSPS) is 25.1. The smallest absolute Gasteiger partial charge is 0.242 e. The van der Waals surface area contributed by atoms with Crippen molar-refractivity contribution in [3.8, 4) is 0 Å². The molecule has 0 aromatic heterocycles. The van der Waals surface area contributed by atoms with Gasteiger partial charge in [-0.15, -0.1) is 11.8 Å². The van der Waals surface area contributed by atoms with Crippen LogP contribution in [0, 0.1) is 0 Å². The van der Waals surface area contributed by atoms with Gasteiger partial charge in [-0.2, -0.15) is 0 Å². The lowest BCUT2D eigenvalue weighted by Gasteiger charge is -2.30. The fraction of sp³-hybridized carbons (Fsp3) is 0.833. The van der Waals surface area contributed by atoms with Gasteiger partial charge in [-0.1, -0.05) is 13.8 Å². The highest BCUT2D eigenvalue weighted by Gasteiger charge is 2.42. The van der Waals surface area contributed by atoms with Crippen LogP contribution in [-0.2, 0) is 24.4 Å². The molecule has 29 heavy (non-hydrogen) atoms. The minimum Gasteiger partial charge on any atom is -0.340 e. The van der Waals surface area contributed by atoms with E-state index in [2.05, 4.69) is 0 Å². The molecule has 0 aliphatic carbocycles. The molecule has 3 aliphatic rings. The third kappa shape index (κ3) is 4.88. The second-order valence-corrected chi connectivity index (χ2v) is 10.6. The Morgan fingerprint density at radius 1 is 1.10 bits per heavy atom. The molecule has 0 saturated carbocycles. The molecule has 0 aromatic rings. The standard InChI is InChI=1S/C18H30N4O5S2/c1-3-21(4-2)29(26,27)12-18(25)19-8-7-14-5-6-15(9-19)22(14)16(23)10-20-13-28-11-17(20)24/h14-15H,3-13H2,1-2H3. The summed E-state index contributed by atoms with van der Waals surface area (Å²) in [6.07, 6.45) is 2.33. The highest BCUT2D eigenvalue weighted by Crippen LogP contribution is 2.31. The third-order valence-electron chi connectivity index (χ3n) is 5.98. The summed E-state index contributed by atoms with van der Waals surface area (Å²) < 4.78 is 26.2. The van der Waals surface area contributed by atoms with Crippen LogP contribution in [0.1, 0.15) is 33.1 Å². The summed E-state index contributed by atoms with van der Waals surface area (Å²) in [4.78, 5) is 42.5. The molecule has 164 valence electrons. The van der Waals surface area contributed by atoms with E-state index in [0.717, 1.165) is 12.8 Å². The zero-order valence-electron chi connectivity index (χ0n) is 17.1. The van der Waals surface area contributed by atoms with E-state index in [4.69, 9.17) is 0 Å². The molecule has 0 aromatic carbocycles. The van der Waals surface area contributed by atoms with E-state index in [1.54, 1.807) is 23.6 Å². The van der Waals surface area contributed by atoms with E-state index >= 15 is 0 Å². The number of rotatable bonds is 7. The first-order chi connectivity index (χ1) is 13.8. The number of carbonyl (C=O) groups excluding carboxylic acids is 3. The average Bonchev–Trinajstić information content (AvgIpc) is 3.17. The van der Waals surface area contributed by atoms with E-state index in [-0.39, 0.29) is 30.4 Å². The lowest BCUT2D eigenvalue weighted by atomic mass is 10.1. The van der Waals surface area contributed by atoms with Crippen molar-refractivity contribution in [3.63, 3.8) is 0 Å². The number of nitrogens with zero attached hydrogens (tertiary/aromatic N) is 4. The Balaban J connectivity index is 1.64. The summed E-state index contributed by atoms with van der Waals surface area (Å²) in [6, 6.07) is -0.0597. The van der Waals surface area contributed by atoms with Crippen LogP contribution in [0.2, 0.25) is 0 Å². The summed E-state index contributed by atoms with van der Waals surface area (Å²) >= 11 is 1.51. The summed E-state index contributed by atoms with van der Waals surface area (Å²) in [5.74, 6) is -0.0462. The van der Waals surface area contributed by atoms with Crippen molar-refractivity contribution >= 4 is 39.5 Å². The quantitative estimate of drug-likeness (QED) is 0.536. The largest absolute Gasteiger partial charge is 0.340 e. The molecule has 2 atom stereocenters. The molecule has 3 rings (SSSR count). The van der Waals surface area contributed by atoms with Gasteiger partial charge < -0.3 is 14.7 Å². The molecule has 3 saturated heterocycles. The number of sulfonamides is 1. The first-order valence-electron chi connectivity index (χ1n) is 10.2. The molecule has 11 heteroatoms. The lowest BCUT2D eigenvalue weighted by molar-refractivity contribution is -0.140. The zero-order chi connectivity index (χ0) is 21.2. The van der Waals surface area contributed by atoms with Gasteiger partial charge in [0.05, 0.1) is 11.6 Å². The molecule has 3 heterocycles. The van der Waals surface area contributed by atoms with E-state index in [1.807, 2.05) is 4.90 Å². The van der Waals surface area contributed by atoms with Gasteiger partial charge in [0.2, 0.25) is 27.7 Å². The molecule has 3 aliphatic heterocycles. The summed E-state index contributed by atoms with van der Waals surface area (Å²) in [5.41, 5.74) is 0. The Hall–Kier alpha value is -1.33. The first kappa shape index (κ1) is 22.4. The van der Waals surface area contributed by atoms with Crippen molar-refractivity contribution < 1.29 is 22.8 Å². The Bertz CT molecular complexity index is 755. The Labute approximate surface area is 176 Å². The van der Waals surface area contributed by atoms with E-state index in [1.165, 1.54) is 16.1 Å². The van der Waals surface area contributed by atoms with Gasteiger partial charge >= 0.3 is 0 Å². The summed E-state index contributed by atoms with van der Waals surface area (Å²) in [6.45, 7) is 5.09. The number of likely N-dealkylation sites (tertiary alicyclic amines) is 1. The van der Waals surface area contributed by atoms with Crippen LogP contribution in [0.25, 0.3) is 0 Å². The SMILES string of the molecule is CCN(CC)S(=O)(=O)CC(=O)N1CCC2CCC(C1)N2C(=O)CN1CSCC1=O. The van der Waals surface area contributed by atoms with E-state index in [0.29, 0.717) is 44.2 Å². The average molecular weight is 447 g/mol. The van der Waals surface area contributed by atoms with E-state index < -0.39 is 21.7 Å². The maximum absolute atomic E-state index is 12.9. The molecule has 2 bridgehead atoms. The molecule has 2 unspecified atom stereocenters. The van der Waals surface area contributed by atoms with Crippen molar-refractivity contribution in [2.24, 2.45) is 0 Å². The van der Waals surface area contributed by atoms with Crippen molar-refractivity contribution in [2.45, 2.75) is 45.2 Å². The van der Waals surface area contributed by atoms with Gasteiger partial charge in [-0.25, -0.2) is 12.7 Å². The van der Waals surface area contributed by atoms with Gasteiger partial charge in [-0.3, -0.25) is 14.4 Å². The van der Waals surface area contributed by atoms with Crippen LogP contribution in [0.15, 0.2) is 0 Å². The second-order valence-electron chi connectivity index (χ2n) is 7.72. The van der Waals surface area contributed by atoms with Crippen molar-refractivity contribution in [1.29, 1.82) is 0 Å². The maximum atomic E-state index is 12.9. The van der Waals surface area contributed by atoms with Crippen molar-refractivity contribution in [3.05, 3.63) is 0 Å². The highest BCUT2D eigenvalue weighted by molar-refractivity contribution is 8.00. The molecular formula is C18H30N4O5S2. The molecule has 0 N–H and O–H groups in total. The molecule has 3 fully saturated rings. The van der Waals surface area contributed by atoms with Gasteiger partial charge in [-0.05, 0) is 19.3 Å². The Morgan fingerprint density at radius 2 is 1.79 bits per heavy atom. The monoisotopic (exact) mass is 446 g/mol. The molecule has 9 nitrogen and oxygen atoms in total. The Kier molecular flexibility index (Phi) is 7.10. The molecule has 3 amide bonds. The summed E-state index contributed by atoms with van der Waals surface area (Å²) in [5, 5.41) is 0. The Morgan fingerprint density at radius 3 is 2.41 bits per heavy atom. The predicted octanol–water partition coefficient (Wildman–Crippen LogP) is -0.217. The summed E-state index contributed by atoms with van der Waals surface area (Å²) in [7, 11) is -3.63. The first-order valence-corrected chi connectivity index (χ1v) is 13.0. The lowest BCUT2D eigenvalue weighted by Crippen LogP contribution is -2.49. The van der Waals surface area contributed by atoms with Crippen LogP contribution in [0.3, 0.4) is 0 Å². The molecule has 0 spiro atoms. The van der Waals surface area contributed by atoms with Gasteiger partial charge in [0.1, 0.15) is 12.3 Å². The van der Waals surface area contributed by atoms with Crippen LogP contribution < -0.4 is 0 Å². The number of hydrogen-bond acceptors (Lipinski definition) is 6. The van der Waals surface area contributed by atoms with Crippen LogP contribution in [-0.4, -0.2) is 107 Å². The highest BCUT2D eigenvalue weighted by atomic mass is 32.2. The number of fused-ring (bicyclic) bond motifs is 2. The van der Waals surface area contributed by atoms with Gasteiger partial charge in [0.25, 0.3) is 0 Å². The minimum atomic E-state index is -3.63. The van der Waals surface area contributed by atoms with E-state index in [9.17, 15) is 22.8 Å².